The van der Waals surface area contributed by atoms with E-state index in [9.17, 15) is 9.90 Å². The molecule has 1 aromatic heterocycles. The number of aromatic hydroxyl groups is 1. The highest BCUT2D eigenvalue weighted by Gasteiger charge is 2.13. The van der Waals surface area contributed by atoms with Crippen LogP contribution in [0.3, 0.4) is 0 Å². The lowest BCUT2D eigenvalue weighted by molar-refractivity contribution is 0.467. The summed E-state index contributed by atoms with van der Waals surface area (Å²) in [6.45, 7) is 3.52. The first-order chi connectivity index (χ1) is 8.52. The summed E-state index contributed by atoms with van der Waals surface area (Å²) in [5.74, 6) is -0.676. The Morgan fingerprint density at radius 2 is 2.33 bits per heavy atom. The average molecular weight is 268 g/mol. The van der Waals surface area contributed by atoms with Gasteiger partial charge >= 0.3 is 5.76 Å². The molecule has 2 rings (SSSR count). The van der Waals surface area contributed by atoms with Gasteiger partial charge < -0.3 is 15.3 Å². The first kappa shape index (κ1) is 12.3. The van der Waals surface area contributed by atoms with Crippen LogP contribution < -0.4 is 11.5 Å². The molecular formula is C11H10ClN3O3. The van der Waals surface area contributed by atoms with Crippen LogP contribution in [0.4, 0.5) is 5.69 Å². The summed E-state index contributed by atoms with van der Waals surface area (Å²) in [7, 11) is 0. The number of phenolic OH excluding ortho intramolecular Hbond substituents is 1. The lowest BCUT2D eigenvalue weighted by Crippen LogP contribution is -2.15. The fraction of sp³-hybridized carbons (Fsp3) is 0.0909. The van der Waals surface area contributed by atoms with Crippen LogP contribution in [-0.2, 0) is 6.42 Å². The Balaban J connectivity index is 2.58. The van der Waals surface area contributed by atoms with Crippen molar-refractivity contribution in [1.82, 2.24) is 9.78 Å². The van der Waals surface area contributed by atoms with E-state index in [0.717, 1.165) is 4.68 Å². The van der Waals surface area contributed by atoms with Gasteiger partial charge in [-0.15, -0.1) is 11.7 Å². The summed E-state index contributed by atoms with van der Waals surface area (Å²) in [5, 5.41) is 13.5. The predicted octanol–water partition coefficient (Wildman–Crippen LogP) is 1.50. The Morgan fingerprint density at radius 1 is 1.61 bits per heavy atom. The van der Waals surface area contributed by atoms with Gasteiger partial charge in [0.05, 0.1) is 16.4 Å². The molecule has 0 saturated carbocycles. The standard InChI is InChI=1S/C11H10ClN3O3/c1-2-3-10-14-15(11(17)18-10)8-5-9(16)6(12)4-7(8)13/h2,4-5,16H,1,3,13H2. The Morgan fingerprint density at radius 3 is 3.00 bits per heavy atom. The largest absolute Gasteiger partial charge is 0.506 e. The van der Waals surface area contributed by atoms with Crippen LogP contribution in [0.1, 0.15) is 5.89 Å². The number of nitrogens with zero attached hydrogens (tertiary/aromatic N) is 2. The van der Waals surface area contributed by atoms with Gasteiger partial charge in [0, 0.05) is 12.5 Å². The number of halogens is 1. The second kappa shape index (κ2) is 4.58. The quantitative estimate of drug-likeness (QED) is 0.499. The Bertz CT molecular complexity index is 660. The maximum Gasteiger partial charge on any atom is 0.442 e. The zero-order valence-corrected chi connectivity index (χ0v) is 10.0. The van der Waals surface area contributed by atoms with Crippen molar-refractivity contribution in [1.29, 1.82) is 0 Å². The number of aromatic nitrogens is 2. The Hall–Kier alpha value is -2.21. The van der Waals surface area contributed by atoms with Crippen LogP contribution in [-0.4, -0.2) is 14.9 Å². The van der Waals surface area contributed by atoms with E-state index >= 15 is 0 Å². The van der Waals surface area contributed by atoms with E-state index in [1.54, 1.807) is 6.08 Å². The number of phenols is 1. The van der Waals surface area contributed by atoms with Gasteiger partial charge in [-0.1, -0.05) is 17.7 Å². The maximum absolute atomic E-state index is 11.6. The molecule has 3 N–H and O–H groups in total. The minimum Gasteiger partial charge on any atom is -0.506 e. The monoisotopic (exact) mass is 267 g/mol. The molecule has 0 saturated heterocycles. The number of benzene rings is 1. The number of nitrogen functional groups attached to an aromatic ring is 1. The third-order valence-electron chi connectivity index (χ3n) is 2.23. The maximum atomic E-state index is 11.6. The van der Waals surface area contributed by atoms with E-state index in [1.807, 2.05) is 0 Å². The molecular weight excluding hydrogens is 258 g/mol. The molecule has 0 aliphatic carbocycles. The van der Waals surface area contributed by atoms with Gasteiger partial charge in [-0.2, -0.15) is 4.68 Å². The van der Waals surface area contributed by atoms with Gasteiger partial charge in [0.2, 0.25) is 5.89 Å². The summed E-state index contributed by atoms with van der Waals surface area (Å²) in [4.78, 5) is 11.6. The molecule has 0 aliphatic heterocycles. The first-order valence-corrected chi connectivity index (χ1v) is 5.39. The van der Waals surface area contributed by atoms with Gasteiger partial charge in [-0.25, -0.2) is 4.79 Å². The van der Waals surface area contributed by atoms with Crippen molar-refractivity contribution in [3.63, 3.8) is 0 Å². The molecule has 0 aliphatic rings. The average Bonchev–Trinajstić information content (AvgIpc) is 2.65. The van der Waals surface area contributed by atoms with E-state index in [1.165, 1.54) is 12.1 Å². The van der Waals surface area contributed by atoms with Crippen molar-refractivity contribution in [2.45, 2.75) is 6.42 Å². The molecule has 1 heterocycles. The Labute approximate surface area is 107 Å². The van der Waals surface area contributed by atoms with E-state index in [-0.39, 0.29) is 28.0 Å². The number of hydrogen-bond acceptors (Lipinski definition) is 5. The van der Waals surface area contributed by atoms with Gasteiger partial charge in [0.15, 0.2) is 0 Å². The van der Waals surface area contributed by atoms with Crippen LogP contribution in [0.15, 0.2) is 34.0 Å². The highest BCUT2D eigenvalue weighted by molar-refractivity contribution is 6.32. The minimum absolute atomic E-state index is 0.0964. The Kier molecular flexibility index (Phi) is 3.12. The third-order valence-corrected chi connectivity index (χ3v) is 2.54. The lowest BCUT2D eigenvalue weighted by atomic mass is 10.2. The summed E-state index contributed by atoms with van der Waals surface area (Å²) < 4.78 is 5.85. The second-order valence-electron chi connectivity index (χ2n) is 3.53. The topological polar surface area (TPSA) is 94.3 Å². The van der Waals surface area contributed by atoms with Gasteiger partial charge in [-0.05, 0) is 6.07 Å². The van der Waals surface area contributed by atoms with Crippen LogP contribution in [0, 0.1) is 0 Å². The van der Waals surface area contributed by atoms with Crippen molar-refractivity contribution in [2.75, 3.05) is 5.73 Å². The van der Waals surface area contributed by atoms with Crippen LogP contribution in [0.5, 0.6) is 5.75 Å². The van der Waals surface area contributed by atoms with Crippen molar-refractivity contribution in [3.8, 4) is 11.4 Å². The van der Waals surface area contributed by atoms with E-state index in [4.69, 9.17) is 21.8 Å². The number of hydrogen-bond donors (Lipinski definition) is 2. The molecule has 0 radical (unpaired) electrons. The zero-order chi connectivity index (χ0) is 13.3. The van der Waals surface area contributed by atoms with Crippen molar-refractivity contribution in [3.05, 3.63) is 46.3 Å². The molecule has 1 aromatic carbocycles. The van der Waals surface area contributed by atoms with Gasteiger partial charge in [0.25, 0.3) is 0 Å². The normalized spacial score (nSPS) is 10.5. The first-order valence-electron chi connectivity index (χ1n) is 5.01. The highest BCUT2D eigenvalue weighted by atomic mass is 35.5. The van der Waals surface area contributed by atoms with E-state index in [2.05, 4.69) is 11.7 Å². The van der Waals surface area contributed by atoms with E-state index < -0.39 is 5.76 Å². The molecule has 0 amide bonds. The highest BCUT2D eigenvalue weighted by Crippen LogP contribution is 2.29. The second-order valence-corrected chi connectivity index (χ2v) is 3.94. The summed E-state index contributed by atoms with van der Waals surface area (Å²) >= 11 is 5.69. The number of nitrogens with two attached hydrogens (primary N) is 1. The molecule has 2 aromatic rings. The number of allylic oxidation sites excluding steroid dienone is 1. The van der Waals surface area contributed by atoms with Crippen molar-refractivity contribution in [2.24, 2.45) is 0 Å². The van der Waals surface area contributed by atoms with Crippen LogP contribution in [0.2, 0.25) is 5.02 Å². The smallest absolute Gasteiger partial charge is 0.442 e. The SMILES string of the molecule is C=CCc1nn(-c2cc(O)c(Cl)cc2N)c(=O)o1. The molecule has 0 bridgehead atoms. The predicted molar refractivity (Wildman–Crippen MR) is 67.1 cm³/mol. The number of anilines is 1. The fourth-order valence-electron chi connectivity index (χ4n) is 1.42. The molecule has 0 atom stereocenters. The zero-order valence-electron chi connectivity index (χ0n) is 9.26. The summed E-state index contributed by atoms with van der Waals surface area (Å²) in [6, 6.07) is 2.58. The molecule has 18 heavy (non-hydrogen) atoms. The summed E-state index contributed by atoms with van der Waals surface area (Å²) in [6.07, 6.45) is 1.88. The lowest BCUT2D eigenvalue weighted by Gasteiger charge is -2.05. The van der Waals surface area contributed by atoms with Gasteiger partial charge in [0.1, 0.15) is 5.75 Å². The molecule has 0 fully saturated rings. The van der Waals surface area contributed by atoms with Crippen molar-refractivity contribution >= 4 is 17.3 Å². The molecule has 94 valence electrons. The van der Waals surface area contributed by atoms with E-state index in [0.29, 0.717) is 6.42 Å². The molecule has 0 spiro atoms. The van der Waals surface area contributed by atoms with Gasteiger partial charge in [-0.3, -0.25) is 0 Å². The van der Waals surface area contributed by atoms with Crippen LogP contribution in [0.25, 0.3) is 5.69 Å². The fourth-order valence-corrected chi connectivity index (χ4v) is 1.60. The van der Waals surface area contributed by atoms with Crippen LogP contribution >= 0.6 is 11.6 Å². The minimum atomic E-state index is -0.694. The molecule has 6 nitrogen and oxygen atoms in total. The molecule has 0 unspecified atom stereocenters. The summed E-state index contributed by atoms with van der Waals surface area (Å²) in [5.41, 5.74) is 6.13. The third kappa shape index (κ3) is 2.10. The number of rotatable bonds is 3. The van der Waals surface area contributed by atoms with Crippen molar-refractivity contribution < 1.29 is 9.52 Å². The molecule has 7 heteroatoms.